The number of hydrogen-bond acceptors (Lipinski definition) is 5. The van der Waals surface area contributed by atoms with Crippen LogP contribution in [0.5, 0.6) is 0 Å². The van der Waals surface area contributed by atoms with E-state index in [1.165, 1.54) is 7.11 Å². The van der Waals surface area contributed by atoms with Gasteiger partial charge in [0.2, 0.25) is 5.76 Å². The molecule has 2 aromatic heterocycles. The van der Waals surface area contributed by atoms with Crippen molar-refractivity contribution in [1.82, 2.24) is 4.98 Å². The number of aryl methyl sites for hydroxylation is 1. The first-order valence-electron chi connectivity index (χ1n) is 5.73. The van der Waals surface area contributed by atoms with Crippen molar-refractivity contribution in [3.63, 3.8) is 0 Å². The Bertz CT molecular complexity index is 721. The van der Waals surface area contributed by atoms with Gasteiger partial charge in [0.15, 0.2) is 17.3 Å². The number of carbonyl (C=O) groups excluding carboxylic acids is 1. The van der Waals surface area contributed by atoms with Gasteiger partial charge in [-0.2, -0.15) is 0 Å². The number of rotatable bonds is 2. The van der Waals surface area contributed by atoms with E-state index in [4.69, 9.17) is 8.83 Å². The molecule has 0 aliphatic carbocycles. The van der Waals surface area contributed by atoms with Crippen molar-refractivity contribution >= 4 is 16.9 Å². The van der Waals surface area contributed by atoms with Crippen molar-refractivity contribution in [2.45, 2.75) is 6.92 Å². The van der Waals surface area contributed by atoms with E-state index in [9.17, 15) is 4.79 Å². The molecule has 5 heteroatoms. The molecule has 0 atom stereocenters. The van der Waals surface area contributed by atoms with E-state index in [2.05, 4.69) is 9.72 Å². The number of fused-ring (bicyclic) bond motifs is 1. The fourth-order valence-corrected chi connectivity index (χ4v) is 1.92. The van der Waals surface area contributed by atoms with Crippen molar-refractivity contribution in [3.8, 4) is 11.5 Å². The average molecular weight is 257 g/mol. The van der Waals surface area contributed by atoms with E-state index in [-0.39, 0.29) is 5.69 Å². The van der Waals surface area contributed by atoms with Crippen LogP contribution in [0.1, 0.15) is 16.4 Å². The van der Waals surface area contributed by atoms with Crippen LogP contribution in [0.3, 0.4) is 0 Å². The summed E-state index contributed by atoms with van der Waals surface area (Å²) >= 11 is 0. The summed E-state index contributed by atoms with van der Waals surface area (Å²) in [5.74, 6) is 0.589. The maximum atomic E-state index is 11.6. The normalized spacial score (nSPS) is 10.8. The molecule has 1 aromatic carbocycles. The maximum absolute atomic E-state index is 11.6. The van der Waals surface area contributed by atoms with Gasteiger partial charge in [-0.25, -0.2) is 9.78 Å². The standard InChI is InChI=1S/C14H11NO4/c1-8-15-12(14(16)17-2)13(18-8)11-7-9-5-3-4-6-10(9)19-11/h3-7H,1-2H3. The maximum Gasteiger partial charge on any atom is 0.360 e. The fourth-order valence-electron chi connectivity index (χ4n) is 1.92. The minimum atomic E-state index is -0.549. The highest BCUT2D eigenvalue weighted by Crippen LogP contribution is 2.30. The number of nitrogens with zero attached hydrogens (tertiary/aromatic N) is 1. The highest BCUT2D eigenvalue weighted by atomic mass is 16.5. The number of aromatic nitrogens is 1. The Balaban J connectivity index is 2.18. The number of carbonyl (C=O) groups is 1. The summed E-state index contributed by atoms with van der Waals surface area (Å²) in [5.41, 5.74) is 0.849. The van der Waals surface area contributed by atoms with Crippen LogP contribution >= 0.6 is 0 Å². The highest BCUT2D eigenvalue weighted by Gasteiger charge is 2.23. The average Bonchev–Trinajstić information content (AvgIpc) is 3.00. The molecule has 0 aliphatic heterocycles. The first-order valence-corrected chi connectivity index (χ1v) is 5.73. The molecule has 3 rings (SSSR count). The van der Waals surface area contributed by atoms with Gasteiger partial charge >= 0.3 is 5.97 Å². The lowest BCUT2D eigenvalue weighted by molar-refractivity contribution is 0.0595. The summed E-state index contributed by atoms with van der Waals surface area (Å²) in [7, 11) is 1.30. The number of hydrogen-bond donors (Lipinski definition) is 0. The van der Waals surface area contributed by atoms with E-state index in [0.29, 0.717) is 17.4 Å². The summed E-state index contributed by atoms with van der Waals surface area (Å²) in [6, 6.07) is 9.36. The van der Waals surface area contributed by atoms with E-state index >= 15 is 0 Å². The van der Waals surface area contributed by atoms with Crippen LogP contribution in [-0.4, -0.2) is 18.1 Å². The van der Waals surface area contributed by atoms with Gasteiger partial charge in [-0.05, 0) is 12.1 Å². The van der Waals surface area contributed by atoms with Gasteiger partial charge in [0.05, 0.1) is 7.11 Å². The number of furan rings is 1. The summed E-state index contributed by atoms with van der Waals surface area (Å²) < 4.78 is 15.8. The van der Waals surface area contributed by atoms with Crippen molar-refractivity contribution in [2.75, 3.05) is 7.11 Å². The van der Waals surface area contributed by atoms with Gasteiger partial charge in [-0.15, -0.1) is 0 Å². The third kappa shape index (κ3) is 1.89. The SMILES string of the molecule is COC(=O)c1nc(C)oc1-c1cc2ccccc2o1. The molecule has 0 spiro atoms. The van der Waals surface area contributed by atoms with Crippen LogP contribution < -0.4 is 0 Å². The number of esters is 1. The third-order valence-corrected chi connectivity index (χ3v) is 2.76. The topological polar surface area (TPSA) is 65.5 Å². The van der Waals surface area contributed by atoms with Crippen LogP contribution in [0.2, 0.25) is 0 Å². The first kappa shape index (κ1) is 11.5. The Morgan fingerprint density at radius 3 is 2.79 bits per heavy atom. The fraction of sp³-hybridized carbons (Fsp3) is 0.143. The lowest BCUT2D eigenvalue weighted by Gasteiger charge is -1.95. The predicted octanol–water partition coefficient (Wildman–Crippen LogP) is 3.18. The smallest absolute Gasteiger partial charge is 0.360 e. The number of benzene rings is 1. The van der Waals surface area contributed by atoms with Crippen molar-refractivity contribution in [1.29, 1.82) is 0 Å². The van der Waals surface area contributed by atoms with Crippen molar-refractivity contribution < 1.29 is 18.4 Å². The van der Waals surface area contributed by atoms with Crippen LogP contribution in [-0.2, 0) is 4.74 Å². The quantitative estimate of drug-likeness (QED) is 0.659. The monoisotopic (exact) mass is 257 g/mol. The molecular weight excluding hydrogens is 246 g/mol. The molecule has 0 bridgehead atoms. The lowest BCUT2D eigenvalue weighted by Crippen LogP contribution is -2.03. The largest absolute Gasteiger partial charge is 0.464 e. The zero-order valence-corrected chi connectivity index (χ0v) is 10.5. The second-order valence-corrected chi connectivity index (χ2v) is 4.05. The third-order valence-electron chi connectivity index (χ3n) is 2.76. The summed E-state index contributed by atoms with van der Waals surface area (Å²) in [6.45, 7) is 1.67. The first-order chi connectivity index (χ1) is 9.19. The molecule has 5 nitrogen and oxygen atoms in total. The van der Waals surface area contributed by atoms with Crippen LogP contribution in [0.4, 0.5) is 0 Å². The molecule has 0 fully saturated rings. The van der Waals surface area contributed by atoms with Crippen LogP contribution in [0, 0.1) is 6.92 Å². The van der Waals surface area contributed by atoms with Gasteiger partial charge in [-0.3, -0.25) is 0 Å². The molecule has 0 saturated carbocycles. The number of oxazole rings is 1. The van der Waals surface area contributed by atoms with Gasteiger partial charge < -0.3 is 13.6 Å². The number of para-hydroxylation sites is 1. The van der Waals surface area contributed by atoms with E-state index < -0.39 is 5.97 Å². The second-order valence-electron chi connectivity index (χ2n) is 4.05. The second kappa shape index (κ2) is 4.28. The molecule has 2 heterocycles. The van der Waals surface area contributed by atoms with Gasteiger partial charge in [0.25, 0.3) is 0 Å². The van der Waals surface area contributed by atoms with Crippen LogP contribution in [0.25, 0.3) is 22.5 Å². The van der Waals surface area contributed by atoms with Crippen molar-refractivity contribution in [3.05, 3.63) is 41.9 Å². The zero-order valence-electron chi connectivity index (χ0n) is 10.5. The van der Waals surface area contributed by atoms with E-state index in [0.717, 1.165) is 11.0 Å². The summed E-state index contributed by atoms with van der Waals surface area (Å²) in [4.78, 5) is 15.7. The molecule has 0 amide bonds. The molecule has 0 saturated heterocycles. The Morgan fingerprint density at radius 2 is 2.05 bits per heavy atom. The Kier molecular flexibility index (Phi) is 2.59. The molecular formula is C14H11NO4. The Hall–Kier alpha value is -2.56. The number of methoxy groups -OCH3 is 1. The van der Waals surface area contributed by atoms with E-state index in [1.807, 2.05) is 30.3 Å². The molecule has 19 heavy (non-hydrogen) atoms. The highest BCUT2D eigenvalue weighted by molar-refractivity contribution is 5.94. The van der Waals surface area contributed by atoms with Gasteiger partial charge in [-0.1, -0.05) is 18.2 Å². The molecule has 0 unspecified atom stereocenters. The molecule has 96 valence electrons. The van der Waals surface area contributed by atoms with Crippen LogP contribution in [0.15, 0.2) is 39.2 Å². The Labute approximate surface area is 108 Å². The Morgan fingerprint density at radius 1 is 1.26 bits per heavy atom. The number of ether oxygens (including phenoxy) is 1. The van der Waals surface area contributed by atoms with Crippen molar-refractivity contribution in [2.24, 2.45) is 0 Å². The van der Waals surface area contributed by atoms with Gasteiger partial charge in [0, 0.05) is 12.3 Å². The molecule has 3 aromatic rings. The molecule has 0 N–H and O–H groups in total. The van der Waals surface area contributed by atoms with E-state index in [1.54, 1.807) is 6.92 Å². The molecule has 0 aliphatic rings. The van der Waals surface area contributed by atoms with Gasteiger partial charge in [0.1, 0.15) is 5.58 Å². The predicted molar refractivity (Wildman–Crippen MR) is 67.8 cm³/mol. The summed E-state index contributed by atoms with van der Waals surface area (Å²) in [5, 5.41) is 0.933. The zero-order chi connectivity index (χ0) is 13.4. The molecule has 0 radical (unpaired) electrons. The minimum absolute atomic E-state index is 0.124. The lowest BCUT2D eigenvalue weighted by atomic mass is 10.2. The minimum Gasteiger partial charge on any atom is -0.464 e. The summed E-state index contributed by atoms with van der Waals surface area (Å²) in [6.07, 6.45) is 0.